The van der Waals surface area contributed by atoms with Crippen molar-refractivity contribution in [2.45, 2.75) is 354 Å². The number of hydrogen-bond acceptors (Lipinski definition) is 8. The van der Waals surface area contributed by atoms with Crippen LogP contribution in [0.25, 0.3) is 0 Å². The van der Waals surface area contributed by atoms with Crippen LogP contribution in [0.1, 0.15) is 348 Å². The lowest BCUT2D eigenvalue weighted by Crippen LogP contribution is -2.37. The van der Waals surface area contributed by atoms with Gasteiger partial charge in [0.1, 0.15) is 19.8 Å². The fourth-order valence-corrected chi connectivity index (χ4v) is 11.3. The summed E-state index contributed by atoms with van der Waals surface area (Å²) in [4.78, 5) is 38.1. The first kappa shape index (κ1) is 83.5. The van der Waals surface area contributed by atoms with E-state index in [1.54, 1.807) is 0 Å². The lowest BCUT2D eigenvalue weighted by molar-refractivity contribution is -0.870. The third-order valence-electron chi connectivity index (χ3n) is 16.2. The van der Waals surface area contributed by atoms with Gasteiger partial charge in [0.25, 0.3) is 7.82 Å². The Labute approximate surface area is 533 Å². The van der Waals surface area contributed by atoms with Gasteiger partial charge < -0.3 is 27.9 Å². The van der Waals surface area contributed by atoms with E-state index in [1.165, 1.54) is 244 Å². The molecule has 0 saturated heterocycles. The van der Waals surface area contributed by atoms with Crippen LogP contribution in [-0.2, 0) is 32.7 Å². The van der Waals surface area contributed by atoms with Crippen molar-refractivity contribution in [3.8, 4) is 0 Å². The van der Waals surface area contributed by atoms with Gasteiger partial charge in [-0.3, -0.25) is 14.2 Å². The molecule has 10 heteroatoms. The van der Waals surface area contributed by atoms with Gasteiger partial charge in [0.15, 0.2) is 6.10 Å². The predicted molar refractivity (Wildman–Crippen MR) is 370 cm³/mol. The Morgan fingerprint density at radius 1 is 0.360 bits per heavy atom. The number of esters is 2. The quantitative estimate of drug-likeness (QED) is 0.0195. The molecule has 2 unspecified atom stereocenters. The van der Waals surface area contributed by atoms with Crippen molar-refractivity contribution < 1.29 is 42.1 Å². The molecule has 0 saturated carbocycles. The highest BCUT2D eigenvalue weighted by Gasteiger charge is 2.22. The molecule has 0 amide bonds. The summed E-state index contributed by atoms with van der Waals surface area (Å²) in [6, 6.07) is 0. The molecule has 0 spiro atoms. The van der Waals surface area contributed by atoms with Crippen LogP contribution < -0.4 is 4.89 Å². The summed E-state index contributed by atoms with van der Waals surface area (Å²) >= 11 is 0. The van der Waals surface area contributed by atoms with Crippen LogP contribution in [0, 0.1) is 0 Å². The van der Waals surface area contributed by atoms with E-state index in [0.717, 1.165) is 70.6 Å². The molecule has 0 heterocycles. The summed E-state index contributed by atoms with van der Waals surface area (Å²) in [7, 11) is 1.17. The van der Waals surface area contributed by atoms with Crippen LogP contribution in [0.4, 0.5) is 0 Å². The Morgan fingerprint density at radius 3 is 0.930 bits per heavy atom. The van der Waals surface area contributed by atoms with Gasteiger partial charge in [0, 0.05) is 12.8 Å². The zero-order valence-electron chi connectivity index (χ0n) is 57.3. The van der Waals surface area contributed by atoms with E-state index in [1.807, 2.05) is 21.1 Å². The lowest BCUT2D eigenvalue weighted by Gasteiger charge is -2.28. The van der Waals surface area contributed by atoms with Gasteiger partial charge in [-0.25, -0.2) is 0 Å². The molecule has 0 aliphatic carbocycles. The minimum atomic E-state index is -4.64. The summed E-state index contributed by atoms with van der Waals surface area (Å²) in [5.41, 5.74) is 0. The van der Waals surface area contributed by atoms with E-state index in [4.69, 9.17) is 18.5 Å². The van der Waals surface area contributed by atoms with Crippen LogP contribution in [-0.4, -0.2) is 70.0 Å². The second kappa shape index (κ2) is 66.9. The van der Waals surface area contributed by atoms with E-state index >= 15 is 0 Å². The predicted octanol–water partition coefficient (Wildman–Crippen LogP) is 23.3. The van der Waals surface area contributed by atoms with Crippen molar-refractivity contribution in [2.24, 2.45) is 0 Å². The Hall–Kier alpha value is -2.55. The molecule has 0 aliphatic heterocycles. The van der Waals surface area contributed by atoms with Gasteiger partial charge in [-0.05, 0) is 89.9 Å². The number of nitrogens with zero attached hydrogens (tertiary/aromatic N) is 1. The zero-order chi connectivity index (χ0) is 62.6. The Balaban J connectivity index is 3.96. The number of carbonyl (C=O) groups is 2. The number of carbonyl (C=O) groups excluding carboxylic acids is 2. The summed E-state index contributed by atoms with van der Waals surface area (Å²) < 4.78 is 34.3. The third-order valence-corrected chi connectivity index (χ3v) is 17.2. The van der Waals surface area contributed by atoms with Crippen LogP contribution in [0.5, 0.6) is 0 Å². The number of ether oxygens (including phenoxy) is 2. The number of rotatable bonds is 68. The number of hydrogen-bond donors (Lipinski definition) is 0. The van der Waals surface area contributed by atoms with Crippen LogP contribution in [0.2, 0.25) is 0 Å². The number of quaternary nitrogens is 1. The first-order valence-corrected chi connectivity index (χ1v) is 38.1. The molecule has 0 N–H and O–H groups in total. The highest BCUT2D eigenvalue weighted by atomic mass is 31.2. The normalized spacial score (nSPS) is 13.5. The van der Waals surface area contributed by atoms with Crippen LogP contribution >= 0.6 is 7.82 Å². The molecule has 0 aliphatic rings. The topological polar surface area (TPSA) is 111 Å². The van der Waals surface area contributed by atoms with Crippen LogP contribution in [0.3, 0.4) is 0 Å². The summed E-state index contributed by atoms with van der Waals surface area (Å²) in [6.07, 6.45) is 90.0. The summed E-state index contributed by atoms with van der Waals surface area (Å²) in [6.45, 7) is 4.25. The maximum atomic E-state index is 12.9. The van der Waals surface area contributed by atoms with Crippen molar-refractivity contribution in [2.75, 3.05) is 47.5 Å². The van der Waals surface area contributed by atoms with Crippen molar-refractivity contribution in [1.82, 2.24) is 0 Å². The van der Waals surface area contributed by atoms with Crippen LogP contribution in [0.15, 0.2) is 72.9 Å². The highest BCUT2D eigenvalue weighted by molar-refractivity contribution is 7.45. The number of unbranched alkanes of at least 4 members (excludes halogenated alkanes) is 42. The molecule has 0 radical (unpaired) electrons. The number of phosphoric ester groups is 1. The largest absolute Gasteiger partial charge is 0.756 e. The van der Waals surface area contributed by atoms with Gasteiger partial charge in [0.05, 0.1) is 27.7 Å². The standard InChI is InChI=1S/C76H140NO8P/c1-6-8-10-12-14-16-18-20-22-24-26-28-30-31-32-33-34-35-36-37-38-39-40-41-42-43-44-45-47-49-51-53-55-57-59-61-63-65-67-69-76(79)85-74(73-84-86(80,81)83-71-70-77(3,4)5)72-82-75(78)68-66-64-62-60-58-56-54-52-50-48-46-29-27-25-23-21-19-17-15-13-11-9-7-2/h18-21,24-27,30-31,46,48,74H,6-17,22-23,28-29,32-45,47,49-73H2,1-5H3/b20-18-,21-19-,26-24-,27-25-,31-30-,48-46-. The van der Waals surface area contributed by atoms with Gasteiger partial charge in [-0.15, -0.1) is 0 Å². The molecule has 502 valence electrons. The fraction of sp³-hybridized carbons (Fsp3) is 0.816. The molecular formula is C76H140NO8P. The molecule has 86 heavy (non-hydrogen) atoms. The maximum absolute atomic E-state index is 12.9. The fourth-order valence-electron chi connectivity index (χ4n) is 10.6. The molecule has 0 rings (SSSR count). The summed E-state index contributed by atoms with van der Waals surface area (Å²) in [5, 5.41) is 0. The third kappa shape index (κ3) is 70.5. The molecule has 9 nitrogen and oxygen atoms in total. The number of likely N-dealkylation sites (N-methyl/N-ethyl adjacent to an activating group) is 1. The van der Waals surface area contributed by atoms with Crippen molar-refractivity contribution in [3.05, 3.63) is 72.9 Å². The Kier molecular flexibility index (Phi) is 64.9. The van der Waals surface area contributed by atoms with E-state index in [0.29, 0.717) is 17.4 Å². The minimum Gasteiger partial charge on any atom is -0.756 e. The highest BCUT2D eigenvalue weighted by Crippen LogP contribution is 2.38. The van der Waals surface area contributed by atoms with E-state index in [9.17, 15) is 19.0 Å². The average Bonchev–Trinajstić information content (AvgIpc) is 3.56. The average molecular weight is 1230 g/mol. The summed E-state index contributed by atoms with van der Waals surface area (Å²) in [5.74, 6) is -0.828. The monoisotopic (exact) mass is 1230 g/mol. The molecule has 0 bridgehead atoms. The lowest BCUT2D eigenvalue weighted by atomic mass is 10.0. The molecular weight excluding hydrogens is 1090 g/mol. The zero-order valence-corrected chi connectivity index (χ0v) is 58.2. The first-order valence-electron chi connectivity index (χ1n) is 36.6. The van der Waals surface area contributed by atoms with E-state index in [-0.39, 0.29) is 32.0 Å². The molecule has 0 aromatic carbocycles. The molecule has 0 fully saturated rings. The second-order valence-electron chi connectivity index (χ2n) is 26.0. The maximum Gasteiger partial charge on any atom is 0.306 e. The molecule has 0 aromatic heterocycles. The van der Waals surface area contributed by atoms with Gasteiger partial charge in [-0.2, -0.15) is 0 Å². The molecule has 0 aromatic rings. The van der Waals surface area contributed by atoms with Crippen molar-refractivity contribution in [3.63, 3.8) is 0 Å². The molecule has 2 atom stereocenters. The Morgan fingerprint density at radius 2 is 0.628 bits per heavy atom. The number of allylic oxidation sites excluding steroid dienone is 12. The smallest absolute Gasteiger partial charge is 0.306 e. The Bertz CT molecular complexity index is 1680. The van der Waals surface area contributed by atoms with Crippen molar-refractivity contribution >= 4 is 19.8 Å². The van der Waals surface area contributed by atoms with Crippen molar-refractivity contribution in [1.29, 1.82) is 0 Å². The SMILES string of the molecule is CCCCCCC/C=C\C/C=C\C/C=C\CCCCCCCCCCCCCCCCCCCCCCCCCCC(=O)OC(COC(=O)CCCCCCCCCC/C=C\C/C=C\C/C=C\CCCCCCC)COP(=O)([O-])OCC[N+](C)(C)C. The van der Waals surface area contributed by atoms with Gasteiger partial charge in [-0.1, -0.05) is 318 Å². The van der Waals surface area contributed by atoms with Gasteiger partial charge >= 0.3 is 11.9 Å². The van der Waals surface area contributed by atoms with Gasteiger partial charge in [0.2, 0.25) is 0 Å². The first-order chi connectivity index (χ1) is 42.0. The second-order valence-corrected chi connectivity index (χ2v) is 27.4. The number of phosphoric acid groups is 1. The van der Waals surface area contributed by atoms with E-state index in [2.05, 4.69) is 86.8 Å². The minimum absolute atomic E-state index is 0.0324. The van der Waals surface area contributed by atoms with E-state index < -0.39 is 26.5 Å².